The number of aromatic nitrogens is 1. The van der Waals surface area contributed by atoms with Gasteiger partial charge in [-0.2, -0.15) is 0 Å². The molecule has 3 aromatic rings. The van der Waals surface area contributed by atoms with E-state index in [0.717, 1.165) is 22.0 Å². The molecule has 2 aromatic carbocycles. The maximum Gasteiger partial charge on any atom is 0.243 e. The molecule has 0 unspecified atom stereocenters. The van der Waals surface area contributed by atoms with Gasteiger partial charge in [-0.15, -0.1) is 0 Å². The number of H-pyrrole nitrogens is 1. The van der Waals surface area contributed by atoms with Gasteiger partial charge in [0.05, 0.1) is 0 Å². The zero-order valence-electron chi connectivity index (χ0n) is 13.7. The molecule has 0 bridgehead atoms. The molecule has 126 valence electrons. The van der Waals surface area contributed by atoms with Gasteiger partial charge in [0.2, 0.25) is 11.8 Å². The second kappa shape index (κ2) is 6.43. The van der Waals surface area contributed by atoms with Crippen molar-refractivity contribution < 1.29 is 9.59 Å². The third-order valence-electron chi connectivity index (χ3n) is 4.65. The van der Waals surface area contributed by atoms with E-state index in [9.17, 15) is 9.59 Å². The van der Waals surface area contributed by atoms with Gasteiger partial charge in [0, 0.05) is 29.9 Å². The number of carbonyl (C=O) groups excluding carboxylic acids is 2. The number of carbonyl (C=O) groups is 2. The van der Waals surface area contributed by atoms with Gasteiger partial charge in [0.25, 0.3) is 0 Å². The lowest BCUT2D eigenvalue weighted by atomic mass is 9.98. The topological polar surface area (TPSA) is 74.0 Å². The van der Waals surface area contributed by atoms with Gasteiger partial charge >= 0.3 is 0 Å². The highest BCUT2D eigenvalue weighted by Gasteiger charge is 2.33. The molecule has 1 saturated heterocycles. The first-order valence-electron chi connectivity index (χ1n) is 8.40. The molecule has 3 N–H and O–H groups in total. The highest BCUT2D eigenvalue weighted by molar-refractivity contribution is 5.97. The Morgan fingerprint density at radius 2 is 1.40 bits per heavy atom. The van der Waals surface area contributed by atoms with Gasteiger partial charge < -0.3 is 15.6 Å². The van der Waals surface area contributed by atoms with Crippen molar-refractivity contribution >= 4 is 22.7 Å². The second-order valence-electron chi connectivity index (χ2n) is 6.38. The number of nitrogens with one attached hydrogen (secondary N) is 3. The van der Waals surface area contributed by atoms with E-state index in [-0.39, 0.29) is 11.8 Å². The average molecular weight is 333 g/mol. The first-order chi connectivity index (χ1) is 12.2. The number of piperazine rings is 1. The lowest BCUT2D eigenvalue weighted by molar-refractivity contribution is -0.136. The van der Waals surface area contributed by atoms with Gasteiger partial charge in [-0.25, -0.2) is 0 Å². The fraction of sp³-hybridized carbons (Fsp3) is 0.200. The van der Waals surface area contributed by atoms with Crippen molar-refractivity contribution in [2.45, 2.75) is 24.9 Å². The molecular formula is C20H19N3O2. The predicted octanol–water partition coefficient (Wildman–Crippen LogP) is 1.94. The number of hydrogen-bond donors (Lipinski definition) is 3. The Bertz CT molecular complexity index is 917. The van der Waals surface area contributed by atoms with E-state index < -0.39 is 12.1 Å². The maximum absolute atomic E-state index is 12.5. The van der Waals surface area contributed by atoms with E-state index in [1.54, 1.807) is 0 Å². The van der Waals surface area contributed by atoms with E-state index in [2.05, 4.69) is 15.6 Å². The van der Waals surface area contributed by atoms with Crippen molar-refractivity contribution in [1.82, 2.24) is 15.6 Å². The molecule has 2 amide bonds. The van der Waals surface area contributed by atoms with Gasteiger partial charge in [0.15, 0.2) is 0 Å². The van der Waals surface area contributed by atoms with Crippen LogP contribution >= 0.6 is 0 Å². The Hall–Kier alpha value is -3.08. The first-order valence-corrected chi connectivity index (χ1v) is 8.40. The summed E-state index contributed by atoms with van der Waals surface area (Å²) < 4.78 is 0. The Morgan fingerprint density at radius 1 is 0.760 bits per heavy atom. The Labute approximate surface area is 145 Å². The highest BCUT2D eigenvalue weighted by Crippen LogP contribution is 2.20. The summed E-state index contributed by atoms with van der Waals surface area (Å²) in [7, 11) is 0. The van der Waals surface area contributed by atoms with Crippen LogP contribution in [0.4, 0.5) is 0 Å². The fourth-order valence-corrected chi connectivity index (χ4v) is 3.33. The maximum atomic E-state index is 12.5. The van der Waals surface area contributed by atoms with Crippen molar-refractivity contribution in [3.8, 4) is 0 Å². The Morgan fingerprint density at radius 3 is 2.16 bits per heavy atom. The van der Waals surface area contributed by atoms with E-state index in [1.807, 2.05) is 60.8 Å². The van der Waals surface area contributed by atoms with Crippen molar-refractivity contribution in [2.24, 2.45) is 0 Å². The normalized spacial score (nSPS) is 20.3. The number of benzene rings is 2. The highest BCUT2D eigenvalue weighted by atomic mass is 16.2. The third kappa shape index (κ3) is 3.13. The van der Waals surface area contributed by atoms with E-state index in [4.69, 9.17) is 0 Å². The van der Waals surface area contributed by atoms with Crippen LogP contribution in [-0.2, 0) is 22.4 Å². The zero-order valence-corrected chi connectivity index (χ0v) is 13.7. The molecule has 25 heavy (non-hydrogen) atoms. The summed E-state index contributed by atoms with van der Waals surface area (Å²) in [6.07, 6.45) is 2.87. The summed E-state index contributed by atoms with van der Waals surface area (Å²) in [4.78, 5) is 28.1. The van der Waals surface area contributed by atoms with Crippen LogP contribution < -0.4 is 10.6 Å². The quantitative estimate of drug-likeness (QED) is 0.682. The van der Waals surface area contributed by atoms with Crippen LogP contribution in [0.1, 0.15) is 11.1 Å². The van der Waals surface area contributed by atoms with Gasteiger partial charge in [0.1, 0.15) is 12.1 Å². The van der Waals surface area contributed by atoms with Crippen LogP contribution in [0.25, 0.3) is 10.9 Å². The summed E-state index contributed by atoms with van der Waals surface area (Å²) in [6, 6.07) is 16.6. The van der Waals surface area contributed by atoms with Gasteiger partial charge in [-0.1, -0.05) is 48.5 Å². The van der Waals surface area contributed by atoms with E-state index >= 15 is 0 Å². The molecule has 2 heterocycles. The van der Waals surface area contributed by atoms with Crippen molar-refractivity contribution in [2.75, 3.05) is 0 Å². The van der Waals surface area contributed by atoms with E-state index in [1.165, 1.54) is 0 Å². The van der Waals surface area contributed by atoms with Gasteiger partial charge in [-0.05, 0) is 17.2 Å². The summed E-state index contributed by atoms with van der Waals surface area (Å²) in [5.41, 5.74) is 3.08. The SMILES string of the molecule is O=C1N[C@H](Cc2c[nH]c3ccccc23)C(=O)N[C@@H]1Cc1ccccc1. The molecule has 2 atom stereocenters. The largest absolute Gasteiger partial charge is 0.361 e. The van der Waals surface area contributed by atoms with Crippen LogP contribution in [0.3, 0.4) is 0 Å². The molecule has 0 saturated carbocycles. The standard InChI is InChI=1S/C20H19N3O2/c24-19-17(10-13-6-2-1-3-7-13)22-20(25)18(23-19)11-14-12-21-16-9-5-4-8-15(14)16/h1-9,12,17-18,21H,10-11H2,(H,22,25)(H,23,24)/t17-,18-/m1/s1. The van der Waals surface area contributed by atoms with E-state index in [0.29, 0.717) is 12.8 Å². The van der Waals surface area contributed by atoms with Crippen LogP contribution in [0, 0.1) is 0 Å². The lowest BCUT2D eigenvalue weighted by Gasteiger charge is -2.29. The molecular weight excluding hydrogens is 314 g/mol. The Kier molecular flexibility index (Phi) is 3.98. The predicted molar refractivity (Wildman–Crippen MR) is 96.0 cm³/mol. The number of fused-ring (bicyclic) bond motifs is 1. The van der Waals surface area contributed by atoms with Gasteiger partial charge in [-0.3, -0.25) is 9.59 Å². The number of para-hydroxylation sites is 1. The van der Waals surface area contributed by atoms with Crippen molar-refractivity contribution in [3.63, 3.8) is 0 Å². The molecule has 4 rings (SSSR count). The Balaban J connectivity index is 1.47. The van der Waals surface area contributed by atoms with Crippen LogP contribution in [-0.4, -0.2) is 28.9 Å². The zero-order chi connectivity index (χ0) is 17.2. The molecule has 0 radical (unpaired) electrons. The minimum atomic E-state index is -0.543. The molecule has 0 aliphatic carbocycles. The third-order valence-corrected chi connectivity index (χ3v) is 4.65. The molecule has 1 aliphatic rings. The summed E-state index contributed by atoms with van der Waals surface area (Å²) >= 11 is 0. The first kappa shape index (κ1) is 15.4. The minimum absolute atomic E-state index is 0.131. The van der Waals surface area contributed by atoms with Crippen LogP contribution in [0.2, 0.25) is 0 Å². The lowest BCUT2D eigenvalue weighted by Crippen LogP contribution is -2.62. The molecule has 1 aromatic heterocycles. The number of hydrogen-bond acceptors (Lipinski definition) is 2. The summed E-state index contributed by atoms with van der Waals surface area (Å²) in [6.45, 7) is 0. The van der Waals surface area contributed by atoms with Crippen LogP contribution in [0.5, 0.6) is 0 Å². The monoisotopic (exact) mass is 333 g/mol. The number of aromatic amines is 1. The molecule has 1 aliphatic heterocycles. The molecule has 1 fully saturated rings. The van der Waals surface area contributed by atoms with Crippen molar-refractivity contribution in [1.29, 1.82) is 0 Å². The summed E-state index contributed by atoms with van der Waals surface area (Å²) in [5.74, 6) is -0.265. The van der Waals surface area contributed by atoms with Crippen molar-refractivity contribution in [3.05, 3.63) is 71.9 Å². The number of rotatable bonds is 4. The summed E-state index contributed by atoms with van der Waals surface area (Å²) in [5, 5.41) is 6.82. The minimum Gasteiger partial charge on any atom is -0.361 e. The van der Waals surface area contributed by atoms with Crippen LogP contribution in [0.15, 0.2) is 60.8 Å². The molecule has 0 spiro atoms. The molecule has 5 nitrogen and oxygen atoms in total. The number of amides is 2. The second-order valence-corrected chi connectivity index (χ2v) is 6.38. The molecule has 5 heteroatoms. The average Bonchev–Trinajstić information content (AvgIpc) is 3.03. The fourth-order valence-electron chi connectivity index (χ4n) is 3.33. The smallest absolute Gasteiger partial charge is 0.243 e.